The van der Waals surface area contributed by atoms with Crippen molar-refractivity contribution in [1.82, 2.24) is 0 Å². The molecule has 0 fully saturated rings. The van der Waals surface area contributed by atoms with Gasteiger partial charge in [0.05, 0.1) is 27.3 Å². The quantitative estimate of drug-likeness (QED) is 0.852. The van der Waals surface area contributed by atoms with Crippen LogP contribution in [0.25, 0.3) is 0 Å². The van der Waals surface area contributed by atoms with Gasteiger partial charge in [-0.3, -0.25) is 0 Å². The molecule has 120 valence electrons. The highest BCUT2D eigenvalue weighted by molar-refractivity contribution is 7.85. The van der Waals surface area contributed by atoms with Crippen molar-refractivity contribution in [2.75, 3.05) is 6.61 Å². The lowest BCUT2D eigenvalue weighted by atomic mass is 10.1. The maximum Gasteiger partial charge on any atom is 0.217 e. The number of aliphatic imine (C=N–C) groups is 1. The van der Waals surface area contributed by atoms with Crippen molar-refractivity contribution in [3.05, 3.63) is 59.7 Å². The van der Waals surface area contributed by atoms with Gasteiger partial charge in [0.15, 0.2) is 0 Å². The monoisotopic (exact) mass is 327 g/mol. The second-order valence-corrected chi connectivity index (χ2v) is 7.58. The van der Waals surface area contributed by atoms with E-state index in [1.807, 2.05) is 55.5 Å². The molecule has 4 heteroatoms. The molecule has 0 saturated carbocycles. The lowest BCUT2D eigenvalue weighted by molar-refractivity contribution is 0.291. The van der Waals surface area contributed by atoms with Crippen LogP contribution in [0.2, 0.25) is 0 Å². The van der Waals surface area contributed by atoms with E-state index in [0.717, 1.165) is 20.9 Å². The van der Waals surface area contributed by atoms with Crippen molar-refractivity contribution < 1.29 is 8.95 Å². The molecule has 0 bridgehead atoms. The first kappa shape index (κ1) is 15.9. The highest BCUT2D eigenvalue weighted by Crippen LogP contribution is 2.25. The van der Waals surface area contributed by atoms with Crippen molar-refractivity contribution in [2.24, 2.45) is 10.9 Å². The molecule has 1 heterocycles. The second-order valence-electron chi connectivity index (χ2n) is 6.13. The van der Waals surface area contributed by atoms with Crippen molar-refractivity contribution in [3.8, 4) is 0 Å². The maximum atomic E-state index is 13.0. The summed E-state index contributed by atoms with van der Waals surface area (Å²) in [4.78, 5) is 6.21. The first-order valence-corrected chi connectivity index (χ1v) is 8.99. The van der Waals surface area contributed by atoms with Gasteiger partial charge in [-0.1, -0.05) is 43.7 Å². The Morgan fingerprint density at radius 3 is 2.48 bits per heavy atom. The van der Waals surface area contributed by atoms with Gasteiger partial charge in [0.1, 0.15) is 6.61 Å². The van der Waals surface area contributed by atoms with Crippen molar-refractivity contribution >= 4 is 16.7 Å². The van der Waals surface area contributed by atoms with Gasteiger partial charge in [-0.15, -0.1) is 0 Å². The van der Waals surface area contributed by atoms with Crippen molar-refractivity contribution in [2.45, 2.75) is 36.6 Å². The molecular formula is C19H21NO2S. The number of hydrogen-bond donors (Lipinski definition) is 0. The van der Waals surface area contributed by atoms with Crippen LogP contribution in [0, 0.1) is 12.8 Å². The van der Waals surface area contributed by atoms with Gasteiger partial charge in [-0.05, 0) is 37.1 Å². The smallest absolute Gasteiger partial charge is 0.217 e. The normalized spacial score (nSPS) is 18.6. The summed E-state index contributed by atoms with van der Waals surface area (Å²) < 4.78 is 18.7. The molecule has 23 heavy (non-hydrogen) atoms. The summed E-state index contributed by atoms with van der Waals surface area (Å²) in [5, 5.41) is 0. The van der Waals surface area contributed by atoms with Gasteiger partial charge in [0.25, 0.3) is 0 Å². The third kappa shape index (κ3) is 3.37. The number of ether oxygens (including phenoxy) is 1. The minimum atomic E-state index is -1.25. The van der Waals surface area contributed by atoms with Gasteiger partial charge in [0, 0.05) is 4.90 Å². The van der Waals surface area contributed by atoms with Crippen LogP contribution in [-0.2, 0) is 15.5 Å². The van der Waals surface area contributed by atoms with Crippen LogP contribution in [0.3, 0.4) is 0 Å². The first-order chi connectivity index (χ1) is 11.1. The van der Waals surface area contributed by atoms with E-state index in [-0.39, 0.29) is 6.04 Å². The van der Waals surface area contributed by atoms with E-state index in [2.05, 4.69) is 18.8 Å². The van der Waals surface area contributed by atoms with Crippen LogP contribution in [0.5, 0.6) is 0 Å². The SMILES string of the molecule is Cc1ccc(S(=O)c2ccccc2C2=N[C@H](C(C)C)CO2)cc1. The fourth-order valence-corrected chi connectivity index (χ4v) is 3.67. The number of benzene rings is 2. The van der Waals surface area contributed by atoms with Gasteiger partial charge < -0.3 is 4.74 Å². The second kappa shape index (κ2) is 6.67. The van der Waals surface area contributed by atoms with E-state index < -0.39 is 10.8 Å². The first-order valence-electron chi connectivity index (χ1n) is 7.84. The van der Waals surface area contributed by atoms with E-state index in [9.17, 15) is 4.21 Å². The lowest BCUT2D eigenvalue weighted by Gasteiger charge is -2.09. The average Bonchev–Trinajstić information content (AvgIpc) is 3.05. The Bertz CT molecular complexity index is 750. The molecule has 0 aliphatic carbocycles. The number of rotatable bonds is 4. The summed E-state index contributed by atoms with van der Waals surface area (Å²) >= 11 is 0. The van der Waals surface area contributed by atoms with E-state index in [1.165, 1.54) is 0 Å². The number of aryl methyl sites for hydroxylation is 1. The van der Waals surface area contributed by atoms with Gasteiger partial charge in [-0.2, -0.15) is 0 Å². The minimum absolute atomic E-state index is 0.172. The molecule has 2 aromatic rings. The molecule has 0 aromatic heterocycles. The minimum Gasteiger partial charge on any atom is -0.475 e. The molecule has 0 radical (unpaired) electrons. The fraction of sp³-hybridized carbons (Fsp3) is 0.316. The topological polar surface area (TPSA) is 38.7 Å². The van der Waals surface area contributed by atoms with Gasteiger partial charge in [0.2, 0.25) is 5.90 Å². The Hall–Kier alpha value is -1.94. The highest BCUT2D eigenvalue weighted by Gasteiger charge is 2.25. The Morgan fingerprint density at radius 1 is 1.13 bits per heavy atom. The van der Waals surface area contributed by atoms with E-state index in [1.54, 1.807) is 0 Å². The van der Waals surface area contributed by atoms with E-state index >= 15 is 0 Å². The van der Waals surface area contributed by atoms with Crippen molar-refractivity contribution in [3.63, 3.8) is 0 Å². The summed E-state index contributed by atoms with van der Waals surface area (Å²) in [6.45, 7) is 6.89. The third-order valence-electron chi connectivity index (χ3n) is 4.00. The zero-order valence-electron chi connectivity index (χ0n) is 13.7. The standard InChI is InChI=1S/C19H21NO2S/c1-13(2)17-12-22-19(20-17)16-6-4-5-7-18(16)23(21)15-10-8-14(3)9-11-15/h4-11,13,17H,12H2,1-3H3/t17-,23?/m0/s1. The molecule has 3 nitrogen and oxygen atoms in total. The molecule has 0 N–H and O–H groups in total. The van der Waals surface area contributed by atoms with Crippen LogP contribution in [0.4, 0.5) is 0 Å². The molecule has 0 spiro atoms. The Labute approximate surface area is 139 Å². The van der Waals surface area contributed by atoms with Crippen LogP contribution in [0.1, 0.15) is 25.0 Å². The summed E-state index contributed by atoms with van der Waals surface area (Å²) in [5.41, 5.74) is 1.98. The summed E-state index contributed by atoms with van der Waals surface area (Å²) in [7, 11) is -1.25. The molecule has 2 atom stereocenters. The highest BCUT2D eigenvalue weighted by atomic mass is 32.2. The Kier molecular flexibility index (Phi) is 4.62. The third-order valence-corrected chi connectivity index (χ3v) is 5.45. The fourth-order valence-electron chi connectivity index (χ4n) is 2.47. The predicted molar refractivity (Wildman–Crippen MR) is 93.4 cm³/mol. The molecule has 3 rings (SSSR count). The molecule has 1 unspecified atom stereocenters. The van der Waals surface area contributed by atoms with Crippen LogP contribution in [0.15, 0.2) is 63.3 Å². The maximum absolute atomic E-state index is 13.0. The molecule has 0 saturated heterocycles. The molecule has 1 aliphatic heterocycles. The molecule has 1 aliphatic rings. The molecule has 2 aromatic carbocycles. The van der Waals surface area contributed by atoms with Crippen molar-refractivity contribution in [1.29, 1.82) is 0 Å². The summed E-state index contributed by atoms with van der Waals surface area (Å²) in [5.74, 6) is 1.04. The molecule has 0 amide bonds. The number of nitrogens with zero attached hydrogens (tertiary/aromatic N) is 1. The summed E-state index contributed by atoms with van der Waals surface area (Å²) in [6.07, 6.45) is 0. The number of hydrogen-bond acceptors (Lipinski definition) is 3. The average molecular weight is 327 g/mol. The van der Waals surface area contributed by atoms with Crippen LogP contribution in [-0.4, -0.2) is 22.8 Å². The molecular weight excluding hydrogens is 306 g/mol. The summed E-state index contributed by atoms with van der Waals surface area (Å²) in [6, 6.07) is 15.6. The largest absolute Gasteiger partial charge is 0.475 e. The Morgan fingerprint density at radius 2 is 1.83 bits per heavy atom. The predicted octanol–water partition coefficient (Wildman–Crippen LogP) is 3.96. The van der Waals surface area contributed by atoms with E-state index in [4.69, 9.17) is 4.74 Å². The lowest BCUT2D eigenvalue weighted by Crippen LogP contribution is -2.13. The van der Waals surface area contributed by atoms with Crippen LogP contribution < -0.4 is 0 Å². The van der Waals surface area contributed by atoms with Gasteiger partial charge >= 0.3 is 0 Å². The zero-order valence-corrected chi connectivity index (χ0v) is 14.5. The zero-order chi connectivity index (χ0) is 16.4. The van der Waals surface area contributed by atoms with Crippen LogP contribution >= 0.6 is 0 Å². The van der Waals surface area contributed by atoms with Gasteiger partial charge in [-0.25, -0.2) is 9.20 Å². The van der Waals surface area contributed by atoms with E-state index in [0.29, 0.717) is 18.4 Å². The Balaban J connectivity index is 1.97.